The third-order valence-electron chi connectivity index (χ3n) is 6.08. The molecule has 0 aromatic rings. The van der Waals surface area contributed by atoms with Gasteiger partial charge in [0.05, 0.1) is 6.04 Å². The van der Waals surface area contributed by atoms with Gasteiger partial charge in [-0.3, -0.25) is 19.2 Å². The zero-order valence-corrected chi connectivity index (χ0v) is 24.1. The van der Waals surface area contributed by atoms with Gasteiger partial charge in [-0.25, -0.2) is 0 Å². The maximum absolute atomic E-state index is 12.8. The molecule has 1 N–H and O–H groups in total. The lowest BCUT2D eigenvalue weighted by molar-refractivity contribution is -0.129. The van der Waals surface area contributed by atoms with E-state index in [0.29, 0.717) is 11.7 Å². The number of unbranched alkanes of at least 4 members (excludes halogenated alkanes) is 1. The number of ketones is 4. The van der Waals surface area contributed by atoms with Crippen molar-refractivity contribution in [1.82, 2.24) is 5.32 Å². The fraction of sp³-hybridized carbons (Fsp3) is 0.808. The van der Waals surface area contributed by atoms with Crippen LogP contribution in [0.2, 0.25) is 0 Å². The van der Waals surface area contributed by atoms with E-state index in [0.717, 1.165) is 17.4 Å². The van der Waals surface area contributed by atoms with Gasteiger partial charge in [0.1, 0.15) is 17.3 Å². The van der Waals surface area contributed by atoms with Crippen molar-refractivity contribution in [3.63, 3.8) is 0 Å². The number of carbonyl (C=O) groups excluding carboxylic acids is 5. The normalized spacial score (nSPS) is 19.6. The highest BCUT2D eigenvalue weighted by Crippen LogP contribution is 2.37. The average Bonchev–Trinajstić information content (AvgIpc) is 3.28. The Morgan fingerprint density at radius 1 is 0.914 bits per heavy atom. The quantitative estimate of drug-likeness (QED) is 0.160. The molecule has 0 saturated heterocycles. The topological polar surface area (TPSA) is 97.4 Å². The number of amides is 1. The average molecular weight is 548 g/mol. The zero-order chi connectivity index (χ0) is 26.9. The van der Waals surface area contributed by atoms with E-state index in [1.54, 1.807) is 0 Å². The molecule has 9 heteroatoms. The standard InChI is InChI=1S/C26H44NO5PS2/c1-3-4-15-34-22-11-12-23(17-22)35-16-5-6-25(31)24(13-7-19(2)28)27-26(32)14-10-20(29)8-9-21(30)18-33/h22-24H,3-18,33H2,1-2H3,(H,27,32)/t22?,23?,24-/m1/s1/i18T/t18?,22?,23?,24-. The summed E-state index contributed by atoms with van der Waals surface area (Å²) in [6.45, 7) is 3.69. The van der Waals surface area contributed by atoms with Crippen LogP contribution in [0.15, 0.2) is 0 Å². The maximum atomic E-state index is 12.8. The molecule has 4 unspecified atom stereocenters. The van der Waals surface area contributed by atoms with Crippen LogP contribution in [0.1, 0.15) is 98.7 Å². The highest BCUT2D eigenvalue weighted by molar-refractivity contribution is 8.00. The zero-order valence-electron chi connectivity index (χ0n) is 22.4. The minimum absolute atomic E-state index is 0.00490. The number of hydrogen-bond acceptors (Lipinski definition) is 7. The Bertz CT molecular complexity index is 737. The second kappa shape index (κ2) is 19.4. The summed E-state index contributed by atoms with van der Waals surface area (Å²) in [6, 6.07) is -0.713. The number of carbonyl (C=O) groups is 5. The minimum atomic E-state index is -0.933. The van der Waals surface area contributed by atoms with Crippen LogP contribution in [0.25, 0.3) is 0 Å². The van der Waals surface area contributed by atoms with Crippen molar-refractivity contribution in [2.24, 2.45) is 0 Å². The van der Waals surface area contributed by atoms with Gasteiger partial charge in [-0.05, 0) is 57.0 Å². The molecule has 6 nitrogen and oxygen atoms in total. The predicted molar refractivity (Wildman–Crippen MR) is 150 cm³/mol. The fourth-order valence-corrected chi connectivity index (χ4v) is 6.98. The monoisotopic (exact) mass is 547 g/mol. The van der Waals surface area contributed by atoms with Crippen LogP contribution >= 0.6 is 32.8 Å². The van der Waals surface area contributed by atoms with Crippen molar-refractivity contribution in [3.05, 3.63) is 0 Å². The Morgan fingerprint density at radius 3 is 2.11 bits per heavy atom. The number of nitrogens with one attached hydrogen (secondary N) is 1. The molecule has 35 heavy (non-hydrogen) atoms. The first-order chi connectivity index (χ1) is 17.1. The lowest BCUT2D eigenvalue weighted by Gasteiger charge is -2.17. The van der Waals surface area contributed by atoms with E-state index in [1.807, 2.05) is 11.8 Å². The Balaban J connectivity index is 2.37. The second-order valence-electron chi connectivity index (χ2n) is 9.25. The van der Waals surface area contributed by atoms with Gasteiger partial charge >= 0.3 is 0 Å². The molecule has 0 aromatic heterocycles. The smallest absolute Gasteiger partial charge is 0.221 e. The third-order valence-corrected chi connectivity index (χ3v) is 9.30. The van der Waals surface area contributed by atoms with Crippen LogP contribution in [0.5, 0.6) is 0 Å². The molecule has 1 rings (SSSR count). The highest BCUT2D eigenvalue weighted by atomic mass is 32.2. The molecule has 0 aliphatic heterocycles. The van der Waals surface area contributed by atoms with Crippen LogP contribution in [-0.4, -0.2) is 63.2 Å². The van der Waals surface area contributed by atoms with E-state index in [4.69, 9.17) is 1.37 Å². The fourth-order valence-electron chi connectivity index (χ4n) is 3.92. The molecule has 200 valence electrons. The summed E-state index contributed by atoms with van der Waals surface area (Å²) in [4.78, 5) is 60.1. The second-order valence-corrected chi connectivity index (χ2v) is 12.4. The summed E-state index contributed by atoms with van der Waals surface area (Å²) in [5.74, 6) is 1.12. The molecule has 1 aliphatic rings. The molecule has 0 heterocycles. The molecule has 1 aliphatic carbocycles. The lowest BCUT2D eigenvalue weighted by Crippen LogP contribution is -2.41. The van der Waals surface area contributed by atoms with Crippen molar-refractivity contribution in [2.75, 3.05) is 17.6 Å². The van der Waals surface area contributed by atoms with E-state index >= 15 is 0 Å². The molecule has 0 aromatic carbocycles. The summed E-state index contributed by atoms with van der Waals surface area (Å²) in [6.07, 6.45) is 6.91. The van der Waals surface area contributed by atoms with Gasteiger partial charge in [0.2, 0.25) is 5.91 Å². The largest absolute Gasteiger partial charge is 0.346 e. The highest BCUT2D eigenvalue weighted by Gasteiger charge is 2.25. The van der Waals surface area contributed by atoms with Crippen molar-refractivity contribution in [2.45, 2.75) is 114 Å². The SMILES string of the molecule is [3H]C(P)C(=O)CCC(=O)CCC(=O)N[C@H](CCC(C)=O)C(=O)CCCSC1CCC(SCCCC)C1. The summed E-state index contributed by atoms with van der Waals surface area (Å²) in [5.41, 5.74) is 0. The number of rotatable bonds is 21. The number of Topliss-reactive ketones (excluding diaryl/α,β-unsaturated/α-hetero) is 4. The van der Waals surface area contributed by atoms with E-state index in [1.165, 1.54) is 44.8 Å². The molecule has 5 atom stereocenters. The Morgan fingerprint density at radius 2 is 1.51 bits per heavy atom. The van der Waals surface area contributed by atoms with Crippen LogP contribution in [0.4, 0.5) is 0 Å². The summed E-state index contributed by atoms with van der Waals surface area (Å²) >= 11 is 4.06. The van der Waals surface area contributed by atoms with Gasteiger partial charge < -0.3 is 10.1 Å². The molecule has 1 amide bonds. The van der Waals surface area contributed by atoms with E-state index < -0.39 is 18.1 Å². The Labute approximate surface area is 223 Å². The van der Waals surface area contributed by atoms with Gasteiger partial charge in [0.25, 0.3) is 0 Å². The molecule has 1 fully saturated rings. The Hall–Kier alpha value is -0.720. The van der Waals surface area contributed by atoms with Gasteiger partial charge in [-0.1, -0.05) is 13.3 Å². The van der Waals surface area contributed by atoms with Gasteiger partial charge in [0.15, 0.2) is 5.78 Å². The summed E-state index contributed by atoms with van der Waals surface area (Å²) < 4.78 is 7.30. The molecular weight excluding hydrogens is 501 g/mol. The summed E-state index contributed by atoms with van der Waals surface area (Å²) in [5, 5.41) is 4.16. The Kier molecular flexibility index (Phi) is 16.9. The van der Waals surface area contributed by atoms with Crippen LogP contribution in [0.3, 0.4) is 0 Å². The van der Waals surface area contributed by atoms with E-state index in [2.05, 4.69) is 33.2 Å². The van der Waals surface area contributed by atoms with E-state index in [-0.39, 0.29) is 61.7 Å². The number of thioether (sulfide) groups is 2. The van der Waals surface area contributed by atoms with Crippen molar-refractivity contribution < 1.29 is 25.3 Å². The van der Waals surface area contributed by atoms with Crippen LogP contribution in [-0.2, 0) is 24.0 Å². The van der Waals surface area contributed by atoms with E-state index in [9.17, 15) is 24.0 Å². The minimum Gasteiger partial charge on any atom is -0.346 e. The first-order valence-electron chi connectivity index (χ1n) is 13.5. The van der Waals surface area contributed by atoms with Crippen molar-refractivity contribution in [3.8, 4) is 0 Å². The maximum Gasteiger partial charge on any atom is 0.221 e. The molecular formula is C26H44NO5PS2. The van der Waals surface area contributed by atoms with Crippen LogP contribution < -0.4 is 5.32 Å². The molecule has 1 saturated carbocycles. The first kappa shape index (κ1) is 30.5. The third kappa shape index (κ3) is 15.9. The molecule has 0 bridgehead atoms. The van der Waals surface area contributed by atoms with Crippen molar-refractivity contribution in [1.29, 1.82) is 0 Å². The lowest BCUT2D eigenvalue weighted by atomic mass is 10.0. The van der Waals surface area contributed by atoms with Gasteiger partial charge in [-0.2, -0.15) is 23.5 Å². The number of hydrogen-bond donors (Lipinski definition) is 1. The molecule has 0 radical (unpaired) electrons. The van der Waals surface area contributed by atoms with Crippen LogP contribution in [0, 0.1) is 0 Å². The van der Waals surface area contributed by atoms with Gasteiger partial charge in [-0.15, -0.1) is 9.24 Å². The first-order valence-corrected chi connectivity index (χ1v) is 15.7. The van der Waals surface area contributed by atoms with Gasteiger partial charge in [0, 0.05) is 56.5 Å². The predicted octanol–water partition coefficient (Wildman–Crippen LogP) is 4.95. The molecule has 0 spiro atoms. The summed E-state index contributed by atoms with van der Waals surface area (Å²) in [7, 11) is 2.08. The van der Waals surface area contributed by atoms with Crippen molar-refractivity contribution >= 4 is 61.8 Å².